The van der Waals surface area contributed by atoms with Gasteiger partial charge in [0.25, 0.3) is 0 Å². The van der Waals surface area contributed by atoms with Gasteiger partial charge in [0.15, 0.2) is 0 Å². The molecular weight excluding hydrogens is 310 g/mol. The number of hydrogen-bond donors (Lipinski definition) is 3. The van der Waals surface area contributed by atoms with E-state index in [-0.39, 0.29) is 18.4 Å². The number of nitrogens with two attached hydrogens (primary N) is 1. The van der Waals surface area contributed by atoms with Gasteiger partial charge in [-0.3, -0.25) is 10.2 Å². The van der Waals surface area contributed by atoms with Gasteiger partial charge < -0.3 is 14.8 Å². The second kappa shape index (κ2) is 9.12. The lowest BCUT2D eigenvalue weighted by molar-refractivity contribution is -0.121. The first-order chi connectivity index (χ1) is 11.2. The van der Waals surface area contributed by atoms with Crippen molar-refractivity contribution in [3.05, 3.63) is 29.8 Å². The molecule has 0 aliphatic rings. The monoisotopic (exact) mass is 337 g/mol. The molecule has 0 saturated heterocycles. The zero-order valence-corrected chi connectivity index (χ0v) is 14.7. The fourth-order valence-electron chi connectivity index (χ4n) is 2.12. The van der Waals surface area contributed by atoms with E-state index in [2.05, 4.69) is 10.7 Å². The summed E-state index contributed by atoms with van der Waals surface area (Å²) in [7, 11) is 1.60. The first-order valence-corrected chi connectivity index (χ1v) is 7.85. The highest BCUT2D eigenvalue weighted by Gasteiger charge is 2.20. The van der Waals surface area contributed by atoms with E-state index < -0.39 is 11.7 Å². The Morgan fingerprint density at radius 1 is 1.21 bits per heavy atom. The number of carbonyl (C=O) groups is 2. The number of ether oxygens (including phenoxy) is 2. The van der Waals surface area contributed by atoms with Crippen LogP contribution in [0.15, 0.2) is 24.3 Å². The van der Waals surface area contributed by atoms with Gasteiger partial charge in [-0.25, -0.2) is 10.6 Å². The van der Waals surface area contributed by atoms with Gasteiger partial charge in [0.2, 0.25) is 5.91 Å². The van der Waals surface area contributed by atoms with Crippen molar-refractivity contribution >= 4 is 12.0 Å². The standard InChI is InChI=1S/C17H27N3O4/c1-17(2,3)24-16(22)19-13(7-10-15(21)20-18)11-12-5-8-14(23-4)9-6-12/h5-6,8-9,13H,7,10-11,18H2,1-4H3,(H,19,22)(H,20,21). The van der Waals surface area contributed by atoms with Crippen LogP contribution in [0.3, 0.4) is 0 Å². The zero-order valence-electron chi connectivity index (χ0n) is 14.7. The van der Waals surface area contributed by atoms with Gasteiger partial charge >= 0.3 is 6.09 Å². The molecule has 1 rings (SSSR count). The van der Waals surface area contributed by atoms with Crippen molar-refractivity contribution in [2.24, 2.45) is 5.84 Å². The van der Waals surface area contributed by atoms with Gasteiger partial charge in [-0.1, -0.05) is 12.1 Å². The third-order valence-corrected chi connectivity index (χ3v) is 3.24. The molecule has 0 heterocycles. The number of carbonyl (C=O) groups excluding carboxylic acids is 2. The van der Waals surface area contributed by atoms with Crippen LogP contribution >= 0.6 is 0 Å². The third kappa shape index (κ3) is 7.82. The quantitative estimate of drug-likeness (QED) is 0.401. The molecule has 134 valence electrons. The SMILES string of the molecule is COc1ccc(CC(CCC(=O)NN)NC(=O)OC(C)(C)C)cc1. The van der Waals surface area contributed by atoms with Crippen molar-refractivity contribution in [1.29, 1.82) is 0 Å². The van der Waals surface area contributed by atoms with Crippen LogP contribution in [-0.2, 0) is 16.0 Å². The Morgan fingerprint density at radius 3 is 2.33 bits per heavy atom. The summed E-state index contributed by atoms with van der Waals surface area (Å²) in [5.41, 5.74) is 2.53. The average molecular weight is 337 g/mol. The molecule has 24 heavy (non-hydrogen) atoms. The van der Waals surface area contributed by atoms with Gasteiger partial charge in [0.05, 0.1) is 7.11 Å². The number of benzene rings is 1. The molecule has 4 N–H and O–H groups in total. The van der Waals surface area contributed by atoms with E-state index in [1.54, 1.807) is 27.9 Å². The molecule has 1 aromatic rings. The molecule has 7 nitrogen and oxygen atoms in total. The summed E-state index contributed by atoms with van der Waals surface area (Å²) in [6.07, 6.45) is 0.733. The van der Waals surface area contributed by atoms with Crippen LogP contribution < -0.4 is 21.3 Å². The normalized spacial score (nSPS) is 12.2. The summed E-state index contributed by atoms with van der Waals surface area (Å²) in [4.78, 5) is 23.4. The molecule has 0 aromatic heterocycles. The molecule has 2 amide bonds. The van der Waals surface area contributed by atoms with E-state index >= 15 is 0 Å². The second-order valence-electron chi connectivity index (χ2n) is 6.50. The summed E-state index contributed by atoms with van der Waals surface area (Å²) in [6, 6.07) is 7.31. The molecule has 7 heteroatoms. The van der Waals surface area contributed by atoms with Crippen LogP contribution in [-0.4, -0.2) is 30.8 Å². The maximum atomic E-state index is 12.0. The molecule has 0 aliphatic heterocycles. The number of alkyl carbamates (subject to hydrolysis) is 1. The summed E-state index contributed by atoms with van der Waals surface area (Å²) in [5, 5.41) is 2.82. The highest BCUT2D eigenvalue weighted by atomic mass is 16.6. The molecule has 0 saturated carbocycles. The van der Waals surface area contributed by atoms with Crippen LogP contribution in [0.25, 0.3) is 0 Å². The Labute approximate surface area is 142 Å². The Bertz CT molecular complexity index is 538. The van der Waals surface area contributed by atoms with Gasteiger partial charge in [-0.2, -0.15) is 0 Å². The Morgan fingerprint density at radius 2 is 1.83 bits per heavy atom. The minimum Gasteiger partial charge on any atom is -0.497 e. The summed E-state index contributed by atoms with van der Waals surface area (Å²) < 4.78 is 10.4. The molecule has 0 aliphatic carbocycles. The van der Waals surface area contributed by atoms with Crippen LogP contribution in [0, 0.1) is 0 Å². The summed E-state index contributed by atoms with van der Waals surface area (Å²) >= 11 is 0. The topological polar surface area (TPSA) is 103 Å². The molecule has 1 aromatic carbocycles. The van der Waals surface area contributed by atoms with E-state index in [0.717, 1.165) is 11.3 Å². The van der Waals surface area contributed by atoms with Crippen molar-refractivity contribution in [3.8, 4) is 5.75 Å². The first kappa shape index (κ1) is 19.8. The lowest BCUT2D eigenvalue weighted by Crippen LogP contribution is -2.41. The predicted molar refractivity (Wildman–Crippen MR) is 91.4 cm³/mol. The summed E-state index contributed by atoms with van der Waals surface area (Å²) in [5.74, 6) is 5.59. The lowest BCUT2D eigenvalue weighted by atomic mass is 10.0. The highest BCUT2D eigenvalue weighted by molar-refractivity contribution is 5.75. The van der Waals surface area contributed by atoms with Crippen molar-refractivity contribution < 1.29 is 19.1 Å². The fourth-order valence-corrected chi connectivity index (χ4v) is 2.12. The molecule has 0 spiro atoms. The number of hydrogen-bond acceptors (Lipinski definition) is 5. The predicted octanol–water partition coefficient (Wildman–Crippen LogP) is 1.90. The number of nitrogens with one attached hydrogen (secondary N) is 2. The van der Waals surface area contributed by atoms with Crippen molar-refractivity contribution in [2.75, 3.05) is 7.11 Å². The van der Waals surface area contributed by atoms with Crippen LogP contribution in [0.5, 0.6) is 5.75 Å². The van der Waals surface area contributed by atoms with Crippen LogP contribution in [0.4, 0.5) is 4.79 Å². The van der Waals surface area contributed by atoms with Crippen molar-refractivity contribution in [2.45, 2.75) is 51.7 Å². The lowest BCUT2D eigenvalue weighted by Gasteiger charge is -2.23. The minimum absolute atomic E-state index is 0.215. The molecule has 1 unspecified atom stereocenters. The molecule has 0 radical (unpaired) electrons. The van der Waals surface area contributed by atoms with Gasteiger partial charge in [-0.15, -0.1) is 0 Å². The van der Waals surface area contributed by atoms with Crippen molar-refractivity contribution in [1.82, 2.24) is 10.7 Å². The minimum atomic E-state index is -0.580. The maximum absolute atomic E-state index is 12.0. The Hall–Kier alpha value is -2.28. The smallest absolute Gasteiger partial charge is 0.407 e. The van der Waals surface area contributed by atoms with Gasteiger partial charge in [-0.05, 0) is 51.3 Å². The number of methoxy groups -OCH3 is 1. The second-order valence-corrected chi connectivity index (χ2v) is 6.50. The van der Waals surface area contributed by atoms with Gasteiger partial charge in [0, 0.05) is 12.5 Å². The largest absolute Gasteiger partial charge is 0.497 e. The van der Waals surface area contributed by atoms with E-state index in [0.29, 0.717) is 12.8 Å². The zero-order chi connectivity index (χ0) is 18.2. The maximum Gasteiger partial charge on any atom is 0.407 e. The third-order valence-electron chi connectivity index (χ3n) is 3.24. The van der Waals surface area contributed by atoms with E-state index in [9.17, 15) is 9.59 Å². The summed E-state index contributed by atoms with van der Waals surface area (Å²) in [6.45, 7) is 5.40. The van der Waals surface area contributed by atoms with Crippen molar-refractivity contribution in [3.63, 3.8) is 0 Å². The van der Waals surface area contributed by atoms with Crippen LogP contribution in [0.1, 0.15) is 39.2 Å². The average Bonchev–Trinajstić information content (AvgIpc) is 2.51. The Kier molecular flexibility index (Phi) is 7.51. The Balaban J connectivity index is 2.71. The van der Waals surface area contributed by atoms with Gasteiger partial charge in [0.1, 0.15) is 11.4 Å². The molecule has 0 fully saturated rings. The number of rotatable bonds is 7. The molecule has 1 atom stereocenters. The van der Waals surface area contributed by atoms with E-state index in [1.807, 2.05) is 24.3 Å². The molecule has 0 bridgehead atoms. The highest BCUT2D eigenvalue weighted by Crippen LogP contribution is 2.15. The van der Waals surface area contributed by atoms with E-state index in [1.165, 1.54) is 0 Å². The first-order valence-electron chi connectivity index (χ1n) is 7.85. The van der Waals surface area contributed by atoms with Crippen LogP contribution in [0.2, 0.25) is 0 Å². The molecular formula is C17H27N3O4. The fraction of sp³-hybridized carbons (Fsp3) is 0.529. The van der Waals surface area contributed by atoms with E-state index in [4.69, 9.17) is 15.3 Å². The number of hydrazine groups is 1. The number of amides is 2.